The monoisotopic (exact) mass is 286 g/mol. The van der Waals surface area contributed by atoms with E-state index in [4.69, 9.17) is 11.6 Å². The second-order valence-electron chi connectivity index (χ2n) is 4.70. The number of halogens is 1. The zero-order valence-electron chi connectivity index (χ0n) is 11.1. The van der Waals surface area contributed by atoms with Crippen molar-refractivity contribution in [1.82, 2.24) is 19.7 Å². The largest absolute Gasteiger partial charge is 0.305 e. The van der Waals surface area contributed by atoms with Crippen LogP contribution in [0, 0.1) is 0 Å². The van der Waals surface area contributed by atoms with Gasteiger partial charge >= 0.3 is 0 Å². The van der Waals surface area contributed by atoms with Crippen LogP contribution >= 0.6 is 11.6 Å². The molecule has 0 bridgehead atoms. The number of rotatable bonds is 4. The standard InChI is InChI=1S/C15H15ClN4/c1-11(14-4-2-3-7-17-14)18-8-13-10-20-9-12(16)5-6-15(20)19-13/h2-7,9-11,18H,8H2,1H3/t11-/m1/s1. The first-order valence-electron chi connectivity index (χ1n) is 6.50. The van der Waals surface area contributed by atoms with E-state index < -0.39 is 0 Å². The maximum absolute atomic E-state index is 5.96. The van der Waals surface area contributed by atoms with E-state index in [0.717, 1.165) is 17.0 Å². The Morgan fingerprint density at radius 1 is 1.25 bits per heavy atom. The molecule has 0 radical (unpaired) electrons. The number of pyridine rings is 2. The molecule has 0 unspecified atom stereocenters. The van der Waals surface area contributed by atoms with Gasteiger partial charge in [-0.1, -0.05) is 17.7 Å². The molecule has 4 nitrogen and oxygen atoms in total. The van der Waals surface area contributed by atoms with Crippen molar-refractivity contribution in [3.8, 4) is 0 Å². The summed E-state index contributed by atoms with van der Waals surface area (Å²) in [7, 11) is 0. The fraction of sp³-hybridized carbons (Fsp3) is 0.200. The second kappa shape index (κ2) is 5.61. The van der Waals surface area contributed by atoms with Crippen molar-refractivity contribution < 1.29 is 0 Å². The molecule has 0 saturated carbocycles. The van der Waals surface area contributed by atoms with Crippen LogP contribution in [0.1, 0.15) is 24.4 Å². The molecule has 102 valence electrons. The lowest BCUT2D eigenvalue weighted by Crippen LogP contribution is -2.19. The van der Waals surface area contributed by atoms with Gasteiger partial charge < -0.3 is 9.72 Å². The van der Waals surface area contributed by atoms with Crippen molar-refractivity contribution in [2.75, 3.05) is 0 Å². The minimum atomic E-state index is 0.185. The third-order valence-electron chi connectivity index (χ3n) is 3.19. The highest BCUT2D eigenvalue weighted by atomic mass is 35.5. The predicted octanol–water partition coefficient (Wildman–Crippen LogP) is 3.23. The zero-order chi connectivity index (χ0) is 13.9. The first kappa shape index (κ1) is 13.1. The van der Waals surface area contributed by atoms with Crippen LogP contribution in [0.5, 0.6) is 0 Å². The smallest absolute Gasteiger partial charge is 0.137 e. The molecule has 0 saturated heterocycles. The Morgan fingerprint density at radius 2 is 2.15 bits per heavy atom. The Hall–Kier alpha value is -1.91. The lowest BCUT2D eigenvalue weighted by molar-refractivity contribution is 0.556. The lowest BCUT2D eigenvalue weighted by atomic mass is 10.2. The van der Waals surface area contributed by atoms with E-state index in [0.29, 0.717) is 11.6 Å². The van der Waals surface area contributed by atoms with Crippen LogP contribution < -0.4 is 5.32 Å². The molecule has 0 spiro atoms. The van der Waals surface area contributed by atoms with Gasteiger partial charge in [0.05, 0.1) is 16.4 Å². The highest BCUT2D eigenvalue weighted by Crippen LogP contribution is 2.13. The minimum Gasteiger partial charge on any atom is -0.305 e. The molecule has 3 heterocycles. The summed E-state index contributed by atoms with van der Waals surface area (Å²) in [6.45, 7) is 2.78. The Labute approximate surface area is 122 Å². The molecule has 0 aliphatic rings. The van der Waals surface area contributed by atoms with Crippen LogP contribution in [0.3, 0.4) is 0 Å². The van der Waals surface area contributed by atoms with Gasteiger partial charge in [0.25, 0.3) is 0 Å². The second-order valence-corrected chi connectivity index (χ2v) is 5.14. The molecule has 1 atom stereocenters. The number of nitrogens with zero attached hydrogens (tertiary/aromatic N) is 3. The third-order valence-corrected chi connectivity index (χ3v) is 3.41. The molecule has 0 amide bonds. The van der Waals surface area contributed by atoms with Crippen LogP contribution in [-0.2, 0) is 6.54 Å². The zero-order valence-corrected chi connectivity index (χ0v) is 11.9. The number of imidazole rings is 1. The summed E-state index contributed by atoms with van der Waals surface area (Å²) in [5.74, 6) is 0. The third kappa shape index (κ3) is 2.81. The van der Waals surface area contributed by atoms with Crippen molar-refractivity contribution in [3.05, 3.63) is 65.3 Å². The SMILES string of the molecule is C[C@@H](NCc1cn2cc(Cl)ccc2n1)c1ccccn1. The van der Waals surface area contributed by atoms with Gasteiger partial charge in [0.15, 0.2) is 0 Å². The van der Waals surface area contributed by atoms with E-state index in [1.807, 2.05) is 47.1 Å². The fourth-order valence-electron chi connectivity index (χ4n) is 2.10. The number of hydrogen-bond donors (Lipinski definition) is 1. The van der Waals surface area contributed by atoms with E-state index >= 15 is 0 Å². The normalized spacial score (nSPS) is 12.7. The Balaban J connectivity index is 1.71. The Morgan fingerprint density at radius 3 is 2.95 bits per heavy atom. The summed E-state index contributed by atoms with van der Waals surface area (Å²) in [4.78, 5) is 8.88. The Bertz CT molecular complexity index is 708. The summed E-state index contributed by atoms with van der Waals surface area (Å²) in [6.07, 6.45) is 5.65. The van der Waals surface area contributed by atoms with Crippen molar-refractivity contribution in [3.63, 3.8) is 0 Å². The first-order chi connectivity index (χ1) is 9.72. The van der Waals surface area contributed by atoms with E-state index in [9.17, 15) is 0 Å². The van der Waals surface area contributed by atoms with E-state index in [1.165, 1.54) is 0 Å². The van der Waals surface area contributed by atoms with Crippen LogP contribution in [-0.4, -0.2) is 14.4 Å². The topological polar surface area (TPSA) is 42.2 Å². The quantitative estimate of drug-likeness (QED) is 0.801. The summed E-state index contributed by atoms with van der Waals surface area (Å²) in [6, 6.07) is 9.87. The molecule has 0 aromatic carbocycles. The summed E-state index contributed by atoms with van der Waals surface area (Å²) >= 11 is 5.96. The minimum absolute atomic E-state index is 0.185. The summed E-state index contributed by atoms with van der Waals surface area (Å²) in [5, 5.41) is 4.12. The first-order valence-corrected chi connectivity index (χ1v) is 6.87. The molecule has 1 N–H and O–H groups in total. The van der Waals surface area contributed by atoms with Gasteiger partial charge in [0, 0.05) is 31.2 Å². The molecule has 0 aliphatic heterocycles. The highest BCUT2D eigenvalue weighted by Gasteiger charge is 2.07. The predicted molar refractivity (Wildman–Crippen MR) is 79.7 cm³/mol. The van der Waals surface area contributed by atoms with E-state index in [-0.39, 0.29) is 6.04 Å². The molecule has 3 rings (SSSR count). The lowest BCUT2D eigenvalue weighted by Gasteiger charge is -2.11. The van der Waals surface area contributed by atoms with Crippen LogP contribution in [0.2, 0.25) is 5.02 Å². The number of aromatic nitrogens is 3. The van der Waals surface area contributed by atoms with Gasteiger partial charge in [-0.3, -0.25) is 4.98 Å². The van der Waals surface area contributed by atoms with Crippen molar-refractivity contribution in [1.29, 1.82) is 0 Å². The average molecular weight is 287 g/mol. The molecular weight excluding hydrogens is 272 g/mol. The number of fused-ring (bicyclic) bond motifs is 1. The summed E-state index contributed by atoms with van der Waals surface area (Å²) < 4.78 is 1.94. The molecule has 5 heteroatoms. The maximum Gasteiger partial charge on any atom is 0.137 e. The average Bonchev–Trinajstić information content (AvgIpc) is 2.87. The van der Waals surface area contributed by atoms with Crippen LogP contribution in [0.4, 0.5) is 0 Å². The van der Waals surface area contributed by atoms with Crippen LogP contribution in [0.25, 0.3) is 5.65 Å². The van der Waals surface area contributed by atoms with Crippen molar-refractivity contribution >= 4 is 17.2 Å². The molecule has 0 fully saturated rings. The molecule has 0 aliphatic carbocycles. The highest BCUT2D eigenvalue weighted by molar-refractivity contribution is 6.30. The molecule has 20 heavy (non-hydrogen) atoms. The van der Waals surface area contributed by atoms with Gasteiger partial charge in [-0.15, -0.1) is 0 Å². The van der Waals surface area contributed by atoms with Gasteiger partial charge in [-0.25, -0.2) is 4.98 Å². The molecule has 3 aromatic heterocycles. The van der Waals surface area contributed by atoms with E-state index in [2.05, 4.69) is 22.2 Å². The van der Waals surface area contributed by atoms with Gasteiger partial charge in [0.2, 0.25) is 0 Å². The van der Waals surface area contributed by atoms with Crippen molar-refractivity contribution in [2.24, 2.45) is 0 Å². The molecular formula is C15H15ClN4. The fourth-order valence-corrected chi connectivity index (χ4v) is 2.26. The maximum atomic E-state index is 5.96. The van der Waals surface area contributed by atoms with Gasteiger partial charge in [-0.2, -0.15) is 0 Å². The van der Waals surface area contributed by atoms with Gasteiger partial charge in [-0.05, 0) is 31.2 Å². The van der Waals surface area contributed by atoms with Crippen LogP contribution in [0.15, 0.2) is 48.9 Å². The van der Waals surface area contributed by atoms with Gasteiger partial charge in [0.1, 0.15) is 5.65 Å². The molecule has 3 aromatic rings. The van der Waals surface area contributed by atoms with E-state index in [1.54, 1.807) is 6.20 Å². The number of hydrogen-bond acceptors (Lipinski definition) is 3. The summed E-state index contributed by atoms with van der Waals surface area (Å²) in [5.41, 5.74) is 2.91. The number of nitrogens with one attached hydrogen (secondary N) is 1. The van der Waals surface area contributed by atoms with Crippen molar-refractivity contribution in [2.45, 2.75) is 19.5 Å². The Kier molecular flexibility index (Phi) is 3.67.